The number of rotatable bonds is 1. The van der Waals surface area contributed by atoms with Crippen LogP contribution in [-0.2, 0) is 6.18 Å². The third kappa shape index (κ3) is 3.29. The molecule has 2 aliphatic rings. The SMILES string of the molecule is CC1=CN=C2[C@H](C)N=C(c3c(F)cccc3F)c3c(ccc(C(F)(F)F)c3Cl)N2C1. The van der Waals surface area contributed by atoms with E-state index in [0.717, 1.165) is 23.8 Å². The molecule has 0 unspecified atom stereocenters. The van der Waals surface area contributed by atoms with Crippen LogP contribution in [0.2, 0.25) is 5.02 Å². The van der Waals surface area contributed by atoms with E-state index >= 15 is 0 Å². The molecule has 2 heterocycles. The average Bonchev–Trinajstić information content (AvgIpc) is 2.76. The molecular weight excluding hydrogens is 425 g/mol. The first-order valence-corrected chi connectivity index (χ1v) is 9.40. The van der Waals surface area contributed by atoms with Crippen LogP contribution in [0.5, 0.6) is 0 Å². The molecule has 0 N–H and O–H groups in total. The Morgan fingerprint density at radius 1 is 1.07 bits per heavy atom. The summed E-state index contributed by atoms with van der Waals surface area (Å²) in [5, 5.41) is -0.665. The summed E-state index contributed by atoms with van der Waals surface area (Å²) in [6, 6.07) is 4.63. The van der Waals surface area contributed by atoms with Crippen LogP contribution in [0.3, 0.4) is 0 Å². The molecule has 0 saturated carbocycles. The molecule has 0 saturated heterocycles. The van der Waals surface area contributed by atoms with Gasteiger partial charge in [-0.25, -0.2) is 13.8 Å². The van der Waals surface area contributed by atoms with Gasteiger partial charge in [-0.15, -0.1) is 0 Å². The maximum atomic E-state index is 14.6. The predicted octanol–water partition coefficient (Wildman–Crippen LogP) is 6.00. The number of halogens is 6. The number of aliphatic imine (C=N–C) groups is 2. The Kier molecular flexibility index (Phi) is 4.92. The van der Waals surface area contributed by atoms with Crippen molar-refractivity contribution in [1.82, 2.24) is 0 Å². The number of benzene rings is 2. The molecule has 2 aromatic carbocycles. The topological polar surface area (TPSA) is 28.0 Å². The van der Waals surface area contributed by atoms with E-state index < -0.39 is 40.0 Å². The molecule has 0 spiro atoms. The first-order chi connectivity index (χ1) is 14.1. The second-order valence-electron chi connectivity index (χ2n) is 7.12. The van der Waals surface area contributed by atoms with Crippen LogP contribution >= 0.6 is 11.6 Å². The molecule has 0 aliphatic carbocycles. The molecule has 156 valence electrons. The lowest BCUT2D eigenvalue weighted by atomic mass is 9.96. The number of nitrogens with zero attached hydrogens (tertiary/aromatic N) is 3. The van der Waals surface area contributed by atoms with Crippen molar-refractivity contribution >= 4 is 28.8 Å². The number of anilines is 1. The van der Waals surface area contributed by atoms with Gasteiger partial charge in [0.1, 0.15) is 23.5 Å². The Hall–Kier alpha value is -2.74. The third-order valence-electron chi connectivity index (χ3n) is 4.95. The molecule has 0 aromatic heterocycles. The van der Waals surface area contributed by atoms with Crippen LogP contribution in [0.4, 0.5) is 27.6 Å². The minimum atomic E-state index is -4.75. The summed E-state index contributed by atoms with van der Waals surface area (Å²) in [7, 11) is 0. The summed E-state index contributed by atoms with van der Waals surface area (Å²) in [6.45, 7) is 3.81. The Bertz CT molecular complexity index is 1110. The van der Waals surface area contributed by atoms with E-state index in [1.807, 2.05) is 6.92 Å². The van der Waals surface area contributed by atoms with Crippen molar-refractivity contribution < 1.29 is 22.0 Å². The maximum Gasteiger partial charge on any atom is 0.417 e. The minimum absolute atomic E-state index is 0.178. The monoisotopic (exact) mass is 439 g/mol. The first-order valence-electron chi connectivity index (χ1n) is 9.02. The number of hydrogen-bond donors (Lipinski definition) is 0. The van der Waals surface area contributed by atoms with Crippen molar-refractivity contribution in [3.05, 3.63) is 75.5 Å². The van der Waals surface area contributed by atoms with E-state index in [1.165, 1.54) is 12.1 Å². The summed E-state index contributed by atoms with van der Waals surface area (Å²) >= 11 is 6.22. The van der Waals surface area contributed by atoms with E-state index in [1.54, 1.807) is 18.0 Å². The van der Waals surface area contributed by atoms with Crippen LogP contribution in [0, 0.1) is 11.6 Å². The van der Waals surface area contributed by atoms with Gasteiger partial charge in [-0.3, -0.25) is 4.99 Å². The molecule has 2 aliphatic heterocycles. The van der Waals surface area contributed by atoms with Gasteiger partial charge in [0.2, 0.25) is 0 Å². The second kappa shape index (κ2) is 7.19. The van der Waals surface area contributed by atoms with Crippen LogP contribution < -0.4 is 4.90 Å². The zero-order valence-corrected chi connectivity index (χ0v) is 16.6. The Labute approximate surface area is 174 Å². The summed E-state index contributed by atoms with van der Waals surface area (Å²) in [6.07, 6.45) is -3.12. The zero-order valence-electron chi connectivity index (χ0n) is 15.9. The number of alkyl halides is 3. The van der Waals surface area contributed by atoms with Gasteiger partial charge in [0.05, 0.1) is 27.5 Å². The first kappa shape index (κ1) is 20.5. The summed E-state index contributed by atoms with van der Waals surface area (Å²) in [5.74, 6) is -1.45. The predicted molar refractivity (Wildman–Crippen MR) is 106 cm³/mol. The van der Waals surface area contributed by atoms with Crippen molar-refractivity contribution in [2.45, 2.75) is 26.1 Å². The van der Waals surface area contributed by atoms with E-state index in [4.69, 9.17) is 11.6 Å². The molecule has 0 bridgehead atoms. The largest absolute Gasteiger partial charge is 0.417 e. The van der Waals surface area contributed by atoms with Gasteiger partial charge in [-0.2, -0.15) is 13.2 Å². The number of fused-ring (bicyclic) bond motifs is 3. The molecular formula is C21H15ClF5N3. The Balaban J connectivity index is 2.09. The van der Waals surface area contributed by atoms with E-state index in [9.17, 15) is 22.0 Å². The number of hydrogen-bond acceptors (Lipinski definition) is 3. The molecule has 1 atom stereocenters. The highest BCUT2D eigenvalue weighted by Crippen LogP contribution is 2.43. The number of amidine groups is 1. The van der Waals surface area contributed by atoms with Crippen LogP contribution in [0.25, 0.3) is 0 Å². The van der Waals surface area contributed by atoms with Gasteiger partial charge >= 0.3 is 6.18 Å². The van der Waals surface area contributed by atoms with Crippen molar-refractivity contribution in [2.24, 2.45) is 9.98 Å². The lowest BCUT2D eigenvalue weighted by Crippen LogP contribution is -2.39. The molecule has 3 nitrogen and oxygen atoms in total. The van der Waals surface area contributed by atoms with Gasteiger partial charge in [0.25, 0.3) is 0 Å². The average molecular weight is 440 g/mol. The quantitative estimate of drug-likeness (QED) is 0.501. The zero-order chi connectivity index (χ0) is 21.8. The van der Waals surface area contributed by atoms with Crippen LogP contribution in [-0.4, -0.2) is 24.1 Å². The summed E-state index contributed by atoms with van der Waals surface area (Å²) < 4.78 is 70.0. The summed E-state index contributed by atoms with van der Waals surface area (Å²) in [5.41, 5.74) is -0.985. The van der Waals surface area contributed by atoms with Crippen LogP contribution in [0.1, 0.15) is 30.5 Å². The lowest BCUT2D eigenvalue weighted by Gasteiger charge is -2.31. The Morgan fingerprint density at radius 3 is 2.37 bits per heavy atom. The molecule has 0 amide bonds. The Morgan fingerprint density at radius 2 is 1.73 bits per heavy atom. The van der Waals surface area contributed by atoms with Crippen molar-refractivity contribution in [2.75, 3.05) is 11.4 Å². The van der Waals surface area contributed by atoms with Gasteiger partial charge in [-0.05, 0) is 43.7 Å². The molecule has 30 heavy (non-hydrogen) atoms. The lowest BCUT2D eigenvalue weighted by molar-refractivity contribution is -0.137. The van der Waals surface area contributed by atoms with Crippen LogP contribution in [0.15, 0.2) is 52.1 Å². The maximum absolute atomic E-state index is 14.6. The normalized spacial score (nSPS) is 18.7. The van der Waals surface area contributed by atoms with Gasteiger partial charge in [-0.1, -0.05) is 17.7 Å². The van der Waals surface area contributed by atoms with Gasteiger partial charge in [0, 0.05) is 18.3 Å². The fourth-order valence-corrected chi connectivity index (χ4v) is 3.98. The molecule has 2 aromatic rings. The highest BCUT2D eigenvalue weighted by molar-refractivity contribution is 6.38. The molecule has 4 rings (SSSR count). The standard InChI is InChI=1S/C21H15ClF5N3/c1-10-8-28-20-11(2)29-19(16-13(23)4-3-5-14(16)24)17-15(30(20)9-10)7-6-12(18(17)22)21(25,26)27/h3-8,11H,9H2,1-2H3/t11-/m0/s1. The van der Waals surface area contributed by atoms with Crippen molar-refractivity contribution in [1.29, 1.82) is 0 Å². The van der Waals surface area contributed by atoms with Gasteiger partial charge < -0.3 is 4.90 Å². The van der Waals surface area contributed by atoms with Crippen molar-refractivity contribution in [3.8, 4) is 0 Å². The molecule has 0 radical (unpaired) electrons. The fourth-order valence-electron chi connectivity index (χ4n) is 3.62. The van der Waals surface area contributed by atoms with Crippen molar-refractivity contribution in [3.63, 3.8) is 0 Å². The highest BCUT2D eigenvalue weighted by atomic mass is 35.5. The summed E-state index contributed by atoms with van der Waals surface area (Å²) in [4.78, 5) is 10.4. The molecule has 9 heteroatoms. The smallest absolute Gasteiger partial charge is 0.323 e. The van der Waals surface area contributed by atoms with E-state index in [2.05, 4.69) is 9.98 Å². The molecule has 0 fully saturated rings. The minimum Gasteiger partial charge on any atom is -0.323 e. The fraction of sp³-hybridized carbons (Fsp3) is 0.238. The highest BCUT2D eigenvalue weighted by Gasteiger charge is 2.39. The van der Waals surface area contributed by atoms with E-state index in [0.29, 0.717) is 12.4 Å². The third-order valence-corrected chi connectivity index (χ3v) is 5.34. The van der Waals surface area contributed by atoms with E-state index in [-0.39, 0.29) is 17.0 Å². The second-order valence-corrected chi connectivity index (χ2v) is 7.50. The van der Waals surface area contributed by atoms with Gasteiger partial charge in [0.15, 0.2) is 0 Å².